The van der Waals surface area contributed by atoms with Crippen molar-refractivity contribution in [3.05, 3.63) is 35.8 Å². The van der Waals surface area contributed by atoms with E-state index in [1.165, 1.54) is 0 Å². The topological polar surface area (TPSA) is 34.4 Å². The van der Waals surface area contributed by atoms with E-state index in [1.807, 2.05) is 28.9 Å². The predicted molar refractivity (Wildman–Crippen MR) is 52.5 cm³/mol. The van der Waals surface area contributed by atoms with Crippen LogP contribution < -0.4 is 0 Å². The second-order valence-corrected chi connectivity index (χ2v) is 3.65. The molecule has 2 heterocycles. The molecule has 3 rings (SSSR count). The van der Waals surface area contributed by atoms with E-state index >= 15 is 0 Å². The Kier molecular flexibility index (Phi) is 1.48. The van der Waals surface area contributed by atoms with Gasteiger partial charge in [0.2, 0.25) is 0 Å². The Hall–Kier alpha value is -1.64. The molecule has 1 aliphatic rings. The SMILES string of the molecule is O=C1CCCc2nc3cccn3cc21. The number of Topliss-reactive ketones (excluding diaryl/α,β-unsaturated/α-hetero) is 1. The number of hydrogen-bond acceptors (Lipinski definition) is 2. The summed E-state index contributed by atoms with van der Waals surface area (Å²) in [4.78, 5) is 16.1. The van der Waals surface area contributed by atoms with E-state index in [-0.39, 0.29) is 5.78 Å². The van der Waals surface area contributed by atoms with Crippen LogP contribution in [0.2, 0.25) is 0 Å². The van der Waals surface area contributed by atoms with Crippen LogP contribution in [0.5, 0.6) is 0 Å². The summed E-state index contributed by atoms with van der Waals surface area (Å²) in [7, 11) is 0. The first-order chi connectivity index (χ1) is 6.84. The summed E-state index contributed by atoms with van der Waals surface area (Å²) in [6.07, 6.45) is 6.36. The Morgan fingerprint density at radius 1 is 1.36 bits per heavy atom. The maximum Gasteiger partial charge on any atom is 0.166 e. The monoisotopic (exact) mass is 186 g/mol. The van der Waals surface area contributed by atoms with Gasteiger partial charge in [0.15, 0.2) is 5.78 Å². The fraction of sp³-hybridized carbons (Fsp3) is 0.273. The van der Waals surface area contributed by atoms with Gasteiger partial charge in [-0.2, -0.15) is 0 Å². The molecule has 0 unspecified atom stereocenters. The molecule has 0 fully saturated rings. The van der Waals surface area contributed by atoms with E-state index in [2.05, 4.69) is 4.98 Å². The van der Waals surface area contributed by atoms with E-state index < -0.39 is 0 Å². The van der Waals surface area contributed by atoms with E-state index in [4.69, 9.17) is 0 Å². The van der Waals surface area contributed by atoms with Crippen molar-refractivity contribution in [1.82, 2.24) is 9.38 Å². The molecule has 2 aromatic rings. The average molecular weight is 186 g/mol. The van der Waals surface area contributed by atoms with Crippen LogP contribution in [0.4, 0.5) is 0 Å². The number of carbonyl (C=O) groups excluding carboxylic acids is 1. The predicted octanol–water partition coefficient (Wildman–Crippen LogP) is 1.85. The lowest BCUT2D eigenvalue weighted by Gasteiger charge is -2.13. The van der Waals surface area contributed by atoms with Gasteiger partial charge in [-0.3, -0.25) is 4.79 Å². The Bertz CT molecular complexity index is 513. The van der Waals surface area contributed by atoms with Crippen LogP contribution in [0.1, 0.15) is 28.9 Å². The van der Waals surface area contributed by atoms with Gasteiger partial charge < -0.3 is 4.40 Å². The third-order valence-electron chi connectivity index (χ3n) is 2.70. The zero-order valence-electron chi connectivity index (χ0n) is 7.73. The van der Waals surface area contributed by atoms with Crippen molar-refractivity contribution < 1.29 is 4.79 Å². The molecular formula is C11H10N2O. The Morgan fingerprint density at radius 2 is 2.29 bits per heavy atom. The van der Waals surface area contributed by atoms with Crippen molar-refractivity contribution in [2.75, 3.05) is 0 Å². The lowest BCUT2D eigenvalue weighted by Crippen LogP contribution is -2.13. The van der Waals surface area contributed by atoms with E-state index in [9.17, 15) is 4.79 Å². The molecule has 0 amide bonds. The summed E-state index contributed by atoms with van der Waals surface area (Å²) >= 11 is 0. The molecule has 0 aromatic carbocycles. The molecule has 0 radical (unpaired) electrons. The van der Waals surface area contributed by atoms with Gasteiger partial charge in [-0.25, -0.2) is 4.98 Å². The number of carbonyl (C=O) groups is 1. The molecule has 3 heteroatoms. The van der Waals surface area contributed by atoms with Crippen molar-refractivity contribution in [2.24, 2.45) is 0 Å². The van der Waals surface area contributed by atoms with Crippen LogP contribution in [0.15, 0.2) is 24.5 Å². The smallest absolute Gasteiger partial charge is 0.166 e. The van der Waals surface area contributed by atoms with Crippen LogP contribution in [0.25, 0.3) is 5.65 Å². The van der Waals surface area contributed by atoms with E-state index in [0.29, 0.717) is 6.42 Å². The molecule has 14 heavy (non-hydrogen) atoms. The first-order valence-corrected chi connectivity index (χ1v) is 4.84. The molecule has 3 nitrogen and oxygen atoms in total. The zero-order valence-corrected chi connectivity index (χ0v) is 7.73. The summed E-state index contributed by atoms with van der Waals surface area (Å²) in [5.74, 6) is 0.231. The van der Waals surface area contributed by atoms with Gasteiger partial charge in [0.05, 0.1) is 11.3 Å². The van der Waals surface area contributed by atoms with Gasteiger partial charge >= 0.3 is 0 Å². The summed E-state index contributed by atoms with van der Waals surface area (Å²) in [5, 5.41) is 0. The minimum absolute atomic E-state index is 0.231. The lowest BCUT2D eigenvalue weighted by atomic mass is 9.96. The highest BCUT2D eigenvalue weighted by molar-refractivity contribution is 5.97. The summed E-state index contributed by atoms with van der Waals surface area (Å²) in [6, 6.07) is 3.90. The average Bonchev–Trinajstić information content (AvgIpc) is 2.62. The third kappa shape index (κ3) is 0.985. The van der Waals surface area contributed by atoms with Gasteiger partial charge in [-0.15, -0.1) is 0 Å². The van der Waals surface area contributed by atoms with Crippen molar-refractivity contribution in [3.63, 3.8) is 0 Å². The van der Waals surface area contributed by atoms with Crippen molar-refractivity contribution >= 4 is 11.4 Å². The molecule has 0 saturated carbocycles. The maximum atomic E-state index is 11.6. The molecule has 0 atom stereocenters. The Labute approximate surface area is 81.4 Å². The highest BCUT2D eigenvalue weighted by atomic mass is 16.1. The summed E-state index contributed by atoms with van der Waals surface area (Å²) in [5.41, 5.74) is 2.70. The fourth-order valence-electron chi connectivity index (χ4n) is 1.98. The molecule has 0 N–H and O–H groups in total. The molecular weight excluding hydrogens is 176 g/mol. The molecule has 0 spiro atoms. The Morgan fingerprint density at radius 3 is 3.21 bits per heavy atom. The number of aryl methyl sites for hydroxylation is 1. The fourth-order valence-corrected chi connectivity index (χ4v) is 1.98. The summed E-state index contributed by atoms with van der Waals surface area (Å²) < 4.78 is 1.90. The number of fused-ring (bicyclic) bond motifs is 2. The van der Waals surface area contributed by atoms with Gasteiger partial charge in [0.25, 0.3) is 0 Å². The highest BCUT2D eigenvalue weighted by Crippen LogP contribution is 2.20. The number of rotatable bonds is 0. The van der Waals surface area contributed by atoms with Crippen LogP contribution in [-0.2, 0) is 6.42 Å². The normalized spacial score (nSPS) is 15.9. The van der Waals surface area contributed by atoms with Crippen LogP contribution in [0, 0.1) is 0 Å². The first kappa shape index (κ1) is 7.74. The second kappa shape index (κ2) is 2.67. The minimum Gasteiger partial charge on any atom is -0.308 e. The quantitative estimate of drug-likeness (QED) is 0.629. The molecule has 70 valence electrons. The number of nitrogens with zero attached hydrogens (tertiary/aromatic N) is 2. The maximum absolute atomic E-state index is 11.6. The van der Waals surface area contributed by atoms with Crippen molar-refractivity contribution in [1.29, 1.82) is 0 Å². The number of ketones is 1. The summed E-state index contributed by atoms with van der Waals surface area (Å²) in [6.45, 7) is 0. The van der Waals surface area contributed by atoms with Crippen LogP contribution in [-0.4, -0.2) is 15.2 Å². The van der Waals surface area contributed by atoms with E-state index in [1.54, 1.807) is 0 Å². The van der Waals surface area contributed by atoms with Crippen molar-refractivity contribution in [2.45, 2.75) is 19.3 Å². The second-order valence-electron chi connectivity index (χ2n) is 3.65. The first-order valence-electron chi connectivity index (χ1n) is 4.84. The minimum atomic E-state index is 0.231. The standard InChI is InChI=1S/C11H10N2O/c14-10-4-1-3-9-8(10)7-13-6-2-5-11(13)12-9/h2,5-7H,1,3-4H2. The van der Waals surface area contributed by atoms with E-state index in [0.717, 1.165) is 29.7 Å². The van der Waals surface area contributed by atoms with Gasteiger partial charge in [-0.1, -0.05) is 0 Å². The third-order valence-corrected chi connectivity index (χ3v) is 2.70. The highest BCUT2D eigenvalue weighted by Gasteiger charge is 2.18. The molecule has 0 saturated heterocycles. The van der Waals surface area contributed by atoms with Gasteiger partial charge in [0.1, 0.15) is 5.65 Å². The lowest BCUT2D eigenvalue weighted by molar-refractivity contribution is 0.0971. The van der Waals surface area contributed by atoms with Crippen LogP contribution in [0.3, 0.4) is 0 Å². The Balaban J connectivity index is 2.32. The number of aromatic nitrogens is 2. The molecule has 0 bridgehead atoms. The molecule has 1 aliphatic carbocycles. The molecule has 2 aromatic heterocycles. The largest absolute Gasteiger partial charge is 0.308 e. The zero-order chi connectivity index (χ0) is 9.54. The van der Waals surface area contributed by atoms with Gasteiger partial charge in [-0.05, 0) is 25.0 Å². The molecule has 0 aliphatic heterocycles. The van der Waals surface area contributed by atoms with Crippen LogP contribution >= 0.6 is 0 Å². The number of hydrogen-bond donors (Lipinski definition) is 0. The van der Waals surface area contributed by atoms with Crippen molar-refractivity contribution in [3.8, 4) is 0 Å². The van der Waals surface area contributed by atoms with Gasteiger partial charge in [0, 0.05) is 18.8 Å².